The van der Waals surface area contributed by atoms with Crippen molar-refractivity contribution in [2.24, 2.45) is 0 Å². The average molecular weight is 339 g/mol. The Kier molecular flexibility index (Phi) is 4.09. The number of allylic oxidation sites excluding steroid dienone is 1. The molecule has 0 fully saturated rings. The molecule has 0 saturated heterocycles. The van der Waals surface area contributed by atoms with Crippen LogP contribution in [0.5, 0.6) is 0 Å². The fourth-order valence-electron chi connectivity index (χ4n) is 2.88. The molecule has 0 unspecified atom stereocenters. The van der Waals surface area contributed by atoms with Crippen LogP contribution in [-0.4, -0.2) is 0 Å². The molecule has 0 N–H and O–H groups in total. The van der Waals surface area contributed by atoms with Crippen molar-refractivity contribution in [1.82, 2.24) is 0 Å². The van der Waals surface area contributed by atoms with Gasteiger partial charge in [-0.15, -0.1) is 0 Å². The normalized spacial score (nSPS) is 11.5. The molecule has 0 atom stereocenters. The Morgan fingerprint density at radius 2 is 1.65 bits per heavy atom. The second kappa shape index (κ2) is 6.70. The molecule has 0 bridgehead atoms. The molecule has 4 aromatic rings. The molecule has 0 aliphatic rings. The first kappa shape index (κ1) is 15.9. The Balaban J connectivity index is 1.69. The molecule has 0 saturated carbocycles. The molecule has 1 heterocycles. The summed E-state index contributed by atoms with van der Waals surface area (Å²) in [6.45, 7) is 0. The van der Waals surface area contributed by atoms with Gasteiger partial charge in [0.05, 0.1) is 11.6 Å². The van der Waals surface area contributed by atoms with E-state index < -0.39 is 0 Å². The van der Waals surface area contributed by atoms with E-state index in [0.29, 0.717) is 17.1 Å². The summed E-state index contributed by atoms with van der Waals surface area (Å²) in [6, 6.07) is 25.9. The van der Waals surface area contributed by atoms with Crippen molar-refractivity contribution in [2.45, 2.75) is 0 Å². The summed E-state index contributed by atoms with van der Waals surface area (Å²) < 4.78 is 18.8. The highest BCUT2D eigenvalue weighted by molar-refractivity contribution is 5.93. The third-order valence-electron chi connectivity index (χ3n) is 4.22. The van der Waals surface area contributed by atoms with Crippen molar-refractivity contribution < 1.29 is 8.81 Å². The standard InChI is InChI=1S/C23H14FNO/c24-21-9-7-17(8-10-21)23-12-11-22(26-23)14-20(15-25)19-6-5-16-3-1-2-4-18(16)13-19/h1-14H/b20-14-. The van der Waals surface area contributed by atoms with E-state index in [9.17, 15) is 9.65 Å². The van der Waals surface area contributed by atoms with E-state index in [-0.39, 0.29) is 5.82 Å². The highest BCUT2D eigenvalue weighted by Crippen LogP contribution is 2.26. The van der Waals surface area contributed by atoms with Gasteiger partial charge in [0.15, 0.2) is 0 Å². The Labute approximate surface area is 150 Å². The molecule has 3 aromatic carbocycles. The molecule has 0 spiro atoms. The van der Waals surface area contributed by atoms with Crippen molar-refractivity contribution >= 4 is 22.4 Å². The first-order valence-corrected chi connectivity index (χ1v) is 8.20. The molecule has 1 aromatic heterocycles. The second-order valence-electron chi connectivity index (χ2n) is 5.94. The lowest BCUT2D eigenvalue weighted by Crippen LogP contribution is -1.82. The van der Waals surface area contributed by atoms with Gasteiger partial charge in [-0.3, -0.25) is 0 Å². The summed E-state index contributed by atoms with van der Waals surface area (Å²) in [5, 5.41) is 11.8. The van der Waals surface area contributed by atoms with Gasteiger partial charge in [0.1, 0.15) is 17.3 Å². The summed E-state index contributed by atoms with van der Waals surface area (Å²) >= 11 is 0. The zero-order valence-electron chi connectivity index (χ0n) is 13.8. The summed E-state index contributed by atoms with van der Waals surface area (Å²) in [5.74, 6) is 0.921. The number of hydrogen-bond acceptors (Lipinski definition) is 2. The topological polar surface area (TPSA) is 36.9 Å². The van der Waals surface area contributed by atoms with Crippen molar-refractivity contribution in [1.29, 1.82) is 5.26 Å². The summed E-state index contributed by atoms with van der Waals surface area (Å²) in [6.07, 6.45) is 1.72. The lowest BCUT2D eigenvalue weighted by Gasteiger charge is -2.02. The molecule has 2 nitrogen and oxygen atoms in total. The molecule has 0 aliphatic heterocycles. The smallest absolute Gasteiger partial charge is 0.134 e. The monoisotopic (exact) mass is 339 g/mol. The highest BCUT2D eigenvalue weighted by Gasteiger charge is 2.07. The molecule has 0 aliphatic carbocycles. The van der Waals surface area contributed by atoms with Crippen LogP contribution in [0.15, 0.2) is 83.3 Å². The van der Waals surface area contributed by atoms with Crippen molar-refractivity contribution in [3.05, 3.63) is 96.0 Å². The van der Waals surface area contributed by atoms with Crippen LogP contribution in [0, 0.1) is 17.1 Å². The van der Waals surface area contributed by atoms with Gasteiger partial charge in [-0.2, -0.15) is 5.26 Å². The number of nitriles is 1. The van der Waals surface area contributed by atoms with E-state index in [4.69, 9.17) is 4.42 Å². The number of hydrogen-bond donors (Lipinski definition) is 0. The number of fused-ring (bicyclic) bond motifs is 1. The third kappa shape index (κ3) is 3.13. The maximum absolute atomic E-state index is 13.0. The number of nitrogens with zero attached hydrogens (tertiary/aromatic N) is 1. The number of halogens is 1. The van der Waals surface area contributed by atoms with E-state index in [0.717, 1.165) is 21.9 Å². The van der Waals surface area contributed by atoms with Gasteiger partial charge in [-0.05, 0) is 64.9 Å². The Morgan fingerprint density at radius 3 is 2.42 bits per heavy atom. The van der Waals surface area contributed by atoms with Gasteiger partial charge < -0.3 is 4.42 Å². The van der Waals surface area contributed by atoms with Crippen molar-refractivity contribution in [3.8, 4) is 17.4 Å². The largest absolute Gasteiger partial charge is 0.457 e. The fourth-order valence-corrected chi connectivity index (χ4v) is 2.88. The molecule has 26 heavy (non-hydrogen) atoms. The van der Waals surface area contributed by atoms with Crippen molar-refractivity contribution in [3.63, 3.8) is 0 Å². The molecular weight excluding hydrogens is 325 g/mol. The van der Waals surface area contributed by atoms with Crippen LogP contribution in [0.3, 0.4) is 0 Å². The van der Waals surface area contributed by atoms with Gasteiger partial charge in [0, 0.05) is 5.56 Å². The van der Waals surface area contributed by atoms with E-state index in [2.05, 4.69) is 6.07 Å². The van der Waals surface area contributed by atoms with E-state index in [1.807, 2.05) is 48.5 Å². The maximum Gasteiger partial charge on any atom is 0.134 e. The first-order valence-electron chi connectivity index (χ1n) is 8.20. The second-order valence-corrected chi connectivity index (χ2v) is 5.94. The fraction of sp³-hybridized carbons (Fsp3) is 0. The first-order chi connectivity index (χ1) is 12.7. The van der Waals surface area contributed by atoms with Gasteiger partial charge >= 0.3 is 0 Å². The van der Waals surface area contributed by atoms with Gasteiger partial charge in [-0.1, -0.05) is 36.4 Å². The van der Waals surface area contributed by atoms with E-state index >= 15 is 0 Å². The molecular formula is C23H14FNO. The van der Waals surface area contributed by atoms with Crippen LogP contribution >= 0.6 is 0 Å². The van der Waals surface area contributed by atoms with E-state index in [1.165, 1.54) is 12.1 Å². The molecule has 3 heteroatoms. The van der Waals surface area contributed by atoms with Gasteiger partial charge in [-0.25, -0.2) is 4.39 Å². The van der Waals surface area contributed by atoms with Crippen LogP contribution in [0.2, 0.25) is 0 Å². The van der Waals surface area contributed by atoms with Crippen LogP contribution in [-0.2, 0) is 0 Å². The van der Waals surface area contributed by atoms with Crippen LogP contribution in [0.4, 0.5) is 4.39 Å². The predicted octanol–water partition coefficient (Wildman–Crippen LogP) is 6.30. The minimum absolute atomic E-state index is 0.288. The summed E-state index contributed by atoms with van der Waals surface area (Å²) in [5.41, 5.74) is 2.15. The zero-order chi connectivity index (χ0) is 17.9. The Bertz CT molecular complexity index is 1150. The lowest BCUT2D eigenvalue weighted by molar-refractivity contribution is 0.571. The molecule has 4 rings (SSSR count). The predicted molar refractivity (Wildman–Crippen MR) is 102 cm³/mol. The SMILES string of the molecule is N#C/C(=C/c1ccc(-c2ccc(F)cc2)o1)c1ccc2ccccc2c1. The average Bonchev–Trinajstić information content (AvgIpc) is 3.15. The Morgan fingerprint density at radius 1 is 0.885 bits per heavy atom. The lowest BCUT2D eigenvalue weighted by atomic mass is 10.0. The minimum Gasteiger partial charge on any atom is -0.457 e. The van der Waals surface area contributed by atoms with Crippen LogP contribution in [0.1, 0.15) is 11.3 Å². The number of furan rings is 1. The van der Waals surface area contributed by atoms with Crippen LogP contribution in [0.25, 0.3) is 33.7 Å². The molecule has 124 valence electrons. The summed E-state index contributed by atoms with van der Waals surface area (Å²) in [4.78, 5) is 0. The van der Waals surface area contributed by atoms with Crippen molar-refractivity contribution in [2.75, 3.05) is 0 Å². The number of rotatable bonds is 3. The summed E-state index contributed by atoms with van der Waals surface area (Å²) in [7, 11) is 0. The van der Waals surface area contributed by atoms with E-state index in [1.54, 1.807) is 24.3 Å². The number of benzene rings is 3. The van der Waals surface area contributed by atoms with Crippen LogP contribution < -0.4 is 0 Å². The van der Waals surface area contributed by atoms with Gasteiger partial charge in [0.25, 0.3) is 0 Å². The highest BCUT2D eigenvalue weighted by atomic mass is 19.1. The molecule has 0 amide bonds. The third-order valence-corrected chi connectivity index (χ3v) is 4.22. The molecule has 0 radical (unpaired) electrons. The zero-order valence-corrected chi connectivity index (χ0v) is 13.8. The minimum atomic E-state index is -0.288. The quantitative estimate of drug-likeness (QED) is 0.410. The Hall–Kier alpha value is -3.64. The van der Waals surface area contributed by atoms with Gasteiger partial charge in [0.2, 0.25) is 0 Å². The maximum atomic E-state index is 13.0.